The highest BCUT2D eigenvalue weighted by molar-refractivity contribution is 7.92. The van der Waals surface area contributed by atoms with Crippen molar-refractivity contribution in [2.24, 2.45) is 0 Å². The maximum atomic E-state index is 14.5. The lowest BCUT2D eigenvalue weighted by molar-refractivity contribution is 0.0747. The summed E-state index contributed by atoms with van der Waals surface area (Å²) >= 11 is 0. The number of methoxy groups -OCH3 is 3. The number of rotatable bonds is 9. The third-order valence-corrected chi connectivity index (χ3v) is 7.79. The number of ether oxygens (including phenoxy) is 3. The van der Waals surface area contributed by atoms with Crippen LogP contribution in [0.25, 0.3) is 0 Å². The van der Waals surface area contributed by atoms with Gasteiger partial charge in [-0.05, 0) is 24.3 Å². The van der Waals surface area contributed by atoms with Gasteiger partial charge in [-0.15, -0.1) is 0 Å². The van der Waals surface area contributed by atoms with Gasteiger partial charge in [-0.3, -0.25) is 9.10 Å². The average Bonchev–Trinajstić information content (AvgIpc) is 2.95. The standard InChI is InChI=1S/C28H32FN3O6S/c1-36-25-12-8-7-11-23(25)30-13-15-31(16-14-30)28(33)21-17-26(37-2)27(38-3)18-24(21)32(39(4,34)35)19-20-9-5-6-10-22(20)29/h5-12,17-18H,13-16,19H2,1-4H3. The van der Waals surface area contributed by atoms with Gasteiger partial charge in [0.25, 0.3) is 5.91 Å². The second-order valence-corrected chi connectivity index (χ2v) is 10.9. The molecule has 0 aromatic heterocycles. The minimum absolute atomic E-state index is 0.0792. The van der Waals surface area contributed by atoms with Crippen LogP contribution in [0.15, 0.2) is 60.7 Å². The number of anilines is 2. The van der Waals surface area contributed by atoms with Crippen LogP contribution in [-0.4, -0.2) is 73.0 Å². The molecule has 1 amide bonds. The van der Waals surface area contributed by atoms with Crippen molar-refractivity contribution < 1.29 is 31.8 Å². The van der Waals surface area contributed by atoms with Crippen LogP contribution in [0, 0.1) is 5.82 Å². The predicted octanol–water partition coefficient (Wildman–Crippen LogP) is 3.78. The van der Waals surface area contributed by atoms with Gasteiger partial charge < -0.3 is 24.0 Å². The summed E-state index contributed by atoms with van der Waals surface area (Å²) in [6.45, 7) is 1.61. The van der Waals surface area contributed by atoms with Crippen LogP contribution in [-0.2, 0) is 16.6 Å². The Bertz CT molecular complexity index is 1440. The van der Waals surface area contributed by atoms with E-state index in [1.165, 1.54) is 44.6 Å². The third-order valence-electron chi connectivity index (χ3n) is 6.67. The molecule has 1 aliphatic rings. The molecule has 208 valence electrons. The highest BCUT2D eigenvalue weighted by Gasteiger charge is 2.31. The van der Waals surface area contributed by atoms with Crippen LogP contribution in [0.5, 0.6) is 17.2 Å². The first-order chi connectivity index (χ1) is 18.7. The number of amides is 1. The van der Waals surface area contributed by atoms with Crippen molar-refractivity contribution in [3.63, 3.8) is 0 Å². The Morgan fingerprint density at radius 2 is 1.46 bits per heavy atom. The minimum Gasteiger partial charge on any atom is -0.495 e. The van der Waals surface area contributed by atoms with Gasteiger partial charge in [0.1, 0.15) is 11.6 Å². The van der Waals surface area contributed by atoms with E-state index < -0.39 is 15.8 Å². The Labute approximate surface area is 228 Å². The number of carbonyl (C=O) groups excluding carboxylic acids is 1. The SMILES string of the molecule is COc1cc(C(=O)N2CCN(c3ccccc3OC)CC2)c(N(Cc2ccccc2F)S(C)(=O)=O)cc1OC. The minimum atomic E-state index is -3.94. The molecule has 1 saturated heterocycles. The summed E-state index contributed by atoms with van der Waals surface area (Å²) in [6.07, 6.45) is 1.02. The van der Waals surface area contributed by atoms with Crippen LogP contribution in [0.2, 0.25) is 0 Å². The molecule has 0 radical (unpaired) electrons. The van der Waals surface area contributed by atoms with Gasteiger partial charge in [-0.25, -0.2) is 12.8 Å². The first-order valence-corrected chi connectivity index (χ1v) is 14.2. The van der Waals surface area contributed by atoms with Crippen molar-refractivity contribution >= 4 is 27.3 Å². The topological polar surface area (TPSA) is 88.6 Å². The van der Waals surface area contributed by atoms with Gasteiger partial charge in [-0.1, -0.05) is 30.3 Å². The highest BCUT2D eigenvalue weighted by Crippen LogP contribution is 2.38. The Balaban J connectivity index is 1.70. The molecule has 3 aromatic carbocycles. The first kappa shape index (κ1) is 28.0. The largest absolute Gasteiger partial charge is 0.495 e. The van der Waals surface area contributed by atoms with E-state index in [0.717, 1.165) is 22.0 Å². The molecular weight excluding hydrogens is 525 g/mol. The number of para-hydroxylation sites is 2. The molecule has 39 heavy (non-hydrogen) atoms. The van der Waals surface area contributed by atoms with Gasteiger partial charge in [0.15, 0.2) is 11.5 Å². The fraction of sp³-hybridized carbons (Fsp3) is 0.321. The summed E-state index contributed by atoms with van der Waals surface area (Å²) in [5, 5.41) is 0. The van der Waals surface area contributed by atoms with Crippen molar-refractivity contribution in [3.8, 4) is 17.2 Å². The second kappa shape index (κ2) is 11.8. The van der Waals surface area contributed by atoms with Gasteiger partial charge >= 0.3 is 0 Å². The first-order valence-electron chi connectivity index (χ1n) is 12.3. The Hall–Kier alpha value is -3.99. The maximum Gasteiger partial charge on any atom is 0.256 e. The van der Waals surface area contributed by atoms with E-state index in [2.05, 4.69) is 4.90 Å². The molecule has 0 aliphatic carbocycles. The molecule has 0 atom stereocenters. The Morgan fingerprint density at radius 1 is 0.872 bits per heavy atom. The molecule has 0 unspecified atom stereocenters. The summed E-state index contributed by atoms with van der Waals surface area (Å²) in [5.74, 6) is 0.347. The zero-order valence-corrected chi connectivity index (χ0v) is 23.2. The summed E-state index contributed by atoms with van der Waals surface area (Å²) in [6, 6.07) is 16.5. The lowest BCUT2D eigenvalue weighted by atomic mass is 10.1. The van der Waals surface area contributed by atoms with E-state index >= 15 is 0 Å². The van der Waals surface area contributed by atoms with Crippen molar-refractivity contribution in [2.45, 2.75) is 6.54 Å². The monoisotopic (exact) mass is 557 g/mol. The van der Waals surface area contributed by atoms with Gasteiger partial charge in [-0.2, -0.15) is 0 Å². The van der Waals surface area contributed by atoms with E-state index in [0.29, 0.717) is 26.2 Å². The fourth-order valence-corrected chi connectivity index (χ4v) is 5.50. The van der Waals surface area contributed by atoms with E-state index in [4.69, 9.17) is 14.2 Å². The van der Waals surface area contributed by atoms with Crippen molar-refractivity contribution in [1.29, 1.82) is 0 Å². The Morgan fingerprint density at radius 3 is 2.08 bits per heavy atom. The zero-order chi connectivity index (χ0) is 28.2. The lowest BCUT2D eigenvalue weighted by Crippen LogP contribution is -2.49. The van der Waals surface area contributed by atoms with Crippen molar-refractivity contribution in [2.75, 3.05) is 63.0 Å². The van der Waals surface area contributed by atoms with Crippen LogP contribution < -0.4 is 23.4 Å². The lowest BCUT2D eigenvalue weighted by Gasteiger charge is -2.37. The quantitative estimate of drug-likeness (QED) is 0.396. The zero-order valence-electron chi connectivity index (χ0n) is 22.4. The molecule has 3 aromatic rings. The number of hydrogen-bond acceptors (Lipinski definition) is 7. The molecule has 0 bridgehead atoms. The van der Waals surface area contributed by atoms with E-state index in [1.807, 2.05) is 24.3 Å². The van der Waals surface area contributed by atoms with Crippen LogP contribution in [0.4, 0.5) is 15.8 Å². The number of carbonyl (C=O) groups is 1. The summed E-state index contributed by atoms with van der Waals surface area (Å²) in [5.41, 5.74) is 1.30. The number of sulfonamides is 1. The molecule has 1 fully saturated rings. The van der Waals surface area contributed by atoms with Crippen molar-refractivity contribution in [3.05, 3.63) is 77.6 Å². The van der Waals surface area contributed by atoms with Gasteiger partial charge in [0.2, 0.25) is 10.0 Å². The molecule has 1 heterocycles. The van der Waals surface area contributed by atoms with Crippen LogP contribution in [0.1, 0.15) is 15.9 Å². The molecule has 0 spiro atoms. The summed E-state index contributed by atoms with van der Waals surface area (Å²) in [7, 11) is 0.532. The normalized spacial score (nSPS) is 13.7. The number of nitrogens with zero attached hydrogens (tertiary/aromatic N) is 3. The third kappa shape index (κ3) is 6.03. The predicted molar refractivity (Wildman–Crippen MR) is 148 cm³/mol. The second-order valence-electron chi connectivity index (χ2n) is 9.04. The molecule has 0 saturated carbocycles. The van der Waals surface area contributed by atoms with Crippen LogP contribution >= 0.6 is 0 Å². The van der Waals surface area contributed by atoms with E-state index in [-0.39, 0.29) is 40.8 Å². The van der Waals surface area contributed by atoms with E-state index in [9.17, 15) is 17.6 Å². The summed E-state index contributed by atoms with van der Waals surface area (Å²) in [4.78, 5) is 17.7. The molecule has 0 N–H and O–H groups in total. The molecule has 11 heteroatoms. The fourth-order valence-electron chi connectivity index (χ4n) is 4.62. The van der Waals surface area contributed by atoms with E-state index in [1.54, 1.807) is 18.1 Å². The number of piperazine rings is 1. The molecule has 1 aliphatic heterocycles. The van der Waals surface area contributed by atoms with Gasteiger partial charge in [0.05, 0.1) is 51.1 Å². The molecular formula is C28H32FN3O6S. The van der Waals surface area contributed by atoms with Gasteiger partial charge in [0, 0.05) is 37.8 Å². The summed E-state index contributed by atoms with van der Waals surface area (Å²) < 4.78 is 57.9. The van der Waals surface area contributed by atoms with Crippen molar-refractivity contribution in [1.82, 2.24) is 4.90 Å². The Kier molecular flexibility index (Phi) is 8.49. The molecule has 9 nitrogen and oxygen atoms in total. The number of hydrogen-bond donors (Lipinski definition) is 0. The number of halogens is 1. The maximum absolute atomic E-state index is 14.5. The van der Waals surface area contributed by atoms with Crippen LogP contribution in [0.3, 0.4) is 0 Å². The average molecular weight is 558 g/mol. The highest BCUT2D eigenvalue weighted by atomic mass is 32.2. The smallest absolute Gasteiger partial charge is 0.256 e. The number of benzene rings is 3. The molecule has 4 rings (SSSR count).